The van der Waals surface area contributed by atoms with Crippen LogP contribution in [0.25, 0.3) is 16.0 Å². The summed E-state index contributed by atoms with van der Waals surface area (Å²) < 4.78 is 44.9. The molecule has 1 amide bonds. The number of carbonyl (C=O) groups excluding carboxylic acids is 2. The number of aryl methyl sites for hydroxylation is 2. The lowest BCUT2D eigenvalue weighted by atomic mass is 9.95. The van der Waals surface area contributed by atoms with Gasteiger partial charge >= 0.3 is 5.91 Å². The van der Waals surface area contributed by atoms with Crippen LogP contribution >= 0.6 is 11.3 Å². The number of furan rings is 1. The minimum atomic E-state index is -3.49. The van der Waals surface area contributed by atoms with Crippen LogP contribution in [0.4, 0.5) is 9.52 Å². The molecular weight excluding hydrogens is 507 g/mol. The Labute approximate surface area is 209 Å². The van der Waals surface area contributed by atoms with Gasteiger partial charge in [-0.25, -0.2) is 17.8 Å². The van der Waals surface area contributed by atoms with Crippen molar-refractivity contribution in [3.63, 3.8) is 0 Å². The number of aliphatic hydroxyl groups excluding tert-OH is 1. The van der Waals surface area contributed by atoms with E-state index in [1.54, 1.807) is 19.9 Å². The van der Waals surface area contributed by atoms with Crippen LogP contribution in [0.15, 0.2) is 63.4 Å². The van der Waals surface area contributed by atoms with Crippen LogP contribution in [0, 0.1) is 19.7 Å². The van der Waals surface area contributed by atoms with Gasteiger partial charge in [-0.1, -0.05) is 29.5 Å². The number of hydrogen-bond acceptors (Lipinski definition) is 8. The van der Waals surface area contributed by atoms with E-state index in [-0.39, 0.29) is 26.7 Å². The van der Waals surface area contributed by atoms with Crippen molar-refractivity contribution in [2.45, 2.75) is 24.8 Å². The van der Waals surface area contributed by atoms with Crippen molar-refractivity contribution in [3.8, 4) is 0 Å². The topological polar surface area (TPSA) is 118 Å². The first-order valence-corrected chi connectivity index (χ1v) is 13.4. The monoisotopic (exact) mass is 526 g/mol. The highest BCUT2D eigenvalue weighted by Gasteiger charge is 2.49. The molecule has 1 atom stereocenters. The summed E-state index contributed by atoms with van der Waals surface area (Å²) in [4.78, 5) is 32.1. The number of halogens is 1. The summed E-state index contributed by atoms with van der Waals surface area (Å²) >= 11 is 0.984. The Morgan fingerprint density at radius 1 is 1.14 bits per heavy atom. The molecule has 1 fully saturated rings. The summed E-state index contributed by atoms with van der Waals surface area (Å²) in [6, 6.07) is 10.2. The molecule has 1 N–H and O–H groups in total. The number of nitrogens with zero attached hydrogens (tertiary/aromatic N) is 2. The summed E-state index contributed by atoms with van der Waals surface area (Å²) in [5.41, 5.74) is 0.309. The number of aromatic nitrogens is 1. The van der Waals surface area contributed by atoms with Gasteiger partial charge in [-0.05, 0) is 44.2 Å². The van der Waals surface area contributed by atoms with Crippen molar-refractivity contribution in [1.82, 2.24) is 4.98 Å². The summed E-state index contributed by atoms with van der Waals surface area (Å²) in [6.07, 6.45) is 1.08. The van der Waals surface area contributed by atoms with Gasteiger partial charge in [-0.3, -0.25) is 14.5 Å². The van der Waals surface area contributed by atoms with Gasteiger partial charge in [0.05, 0.1) is 26.2 Å². The lowest BCUT2D eigenvalue weighted by Crippen LogP contribution is -2.29. The highest BCUT2D eigenvalue weighted by atomic mass is 32.2. The van der Waals surface area contributed by atoms with Crippen LogP contribution in [0.3, 0.4) is 0 Å². The Hall–Kier alpha value is -3.83. The molecule has 11 heteroatoms. The van der Waals surface area contributed by atoms with E-state index in [9.17, 15) is 23.1 Å². The predicted molar refractivity (Wildman–Crippen MR) is 132 cm³/mol. The number of amides is 1. The molecule has 0 saturated carbocycles. The van der Waals surface area contributed by atoms with Gasteiger partial charge in [0, 0.05) is 11.8 Å². The number of hydrogen-bond donors (Lipinski definition) is 1. The zero-order valence-corrected chi connectivity index (χ0v) is 20.9. The van der Waals surface area contributed by atoms with Crippen LogP contribution in [0.5, 0.6) is 0 Å². The summed E-state index contributed by atoms with van der Waals surface area (Å²) in [5, 5.41) is 11.2. The maximum absolute atomic E-state index is 15.0. The average molecular weight is 527 g/mol. The third-order valence-corrected chi connectivity index (χ3v) is 8.05. The van der Waals surface area contributed by atoms with E-state index in [1.807, 2.05) is 0 Å². The van der Waals surface area contributed by atoms with Crippen molar-refractivity contribution < 1.29 is 31.9 Å². The van der Waals surface area contributed by atoms with Crippen molar-refractivity contribution in [2.24, 2.45) is 0 Å². The third kappa shape index (κ3) is 3.80. The Morgan fingerprint density at radius 3 is 2.50 bits per heavy atom. The first-order chi connectivity index (χ1) is 17.0. The number of carbonyl (C=O) groups is 2. The molecule has 2 aromatic carbocycles. The third-order valence-electron chi connectivity index (χ3n) is 5.92. The van der Waals surface area contributed by atoms with Crippen LogP contribution in [-0.2, 0) is 19.4 Å². The molecule has 1 saturated heterocycles. The van der Waals surface area contributed by atoms with Gasteiger partial charge < -0.3 is 9.52 Å². The smallest absolute Gasteiger partial charge is 0.301 e. The zero-order valence-electron chi connectivity index (χ0n) is 19.3. The Balaban J connectivity index is 1.75. The van der Waals surface area contributed by atoms with Gasteiger partial charge in [0.1, 0.15) is 29.1 Å². The molecule has 2 aromatic heterocycles. The molecule has 36 heavy (non-hydrogen) atoms. The highest BCUT2D eigenvalue weighted by molar-refractivity contribution is 7.90. The first kappa shape index (κ1) is 23.9. The van der Waals surface area contributed by atoms with Gasteiger partial charge in [0.15, 0.2) is 15.0 Å². The number of aliphatic hydroxyl groups is 1. The number of ketones is 1. The standard InChI is InChI=1S/C25H19FN2O6S2/c1-12-10-16(13(2)34-12)22(29)20-21(15-6-4-5-7-17(15)26)28(24(31)23(20)30)25-27-18-9-8-14(36(3,32)33)11-19(18)35-25/h4-11,21,29H,1-3H3/b22-20+. The fourth-order valence-electron chi connectivity index (χ4n) is 4.26. The number of fused-ring (bicyclic) bond motifs is 1. The predicted octanol–water partition coefficient (Wildman–Crippen LogP) is 4.68. The molecule has 8 nitrogen and oxygen atoms in total. The van der Waals surface area contributed by atoms with Gasteiger partial charge in [-0.2, -0.15) is 0 Å². The fourth-order valence-corrected chi connectivity index (χ4v) is 6.01. The number of benzene rings is 2. The molecule has 1 unspecified atom stereocenters. The SMILES string of the molecule is Cc1cc(/C(O)=C2\C(=O)C(=O)N(c3nc4ccc(S(C)(=O)=O)cc4s3)C2c2ccccc2F)c(C)o1. The average Bonchev–Trinajstić information content (AvgIpc) is 3.46. The van der Waals surface area contributed by atoms with Gasteiger partial charge in [-0.15, -0.1) is 0 Å². The molecule has 0 aliphatic carbocycles. The zero-order chi connectivity index (χ0) is 25.9. The van der Waals surface area contributed by atoms with Crippen LogP contribution < -0.4 is 4.90 Å². The lowest BCUT2D eigenvalue weighted by Gasteiger charge is -2.23. The molecular formula is C25H19FN2O6S2. The molecule has 184 valence electrons. The molecule has 4 aromatic rings. The van der Waals surface area contributed by atoms with Gasteiger partial charge in [0.25, 0.3) is 5.78 Å². The van der Waals surface area contributed by atoms with E-state index >= 15 is 4.39 Å². The molecule has 0 radical (unpaired) electrons. The Morgan fingerprint density at radius 2 is 1.86 bits per heavy atom. The van der Waals surface area contributed by atoms with Crippen molar-refractivity contribution in [3.05, 3.63) is 82.6 Å². The maximum atomic E-state index is 15.0. The van der Waals surface area contributed by atoms with Crippen molar-refractivity contribution >= 4 is 54.0 Å². The quantitative estimate of drug-likeness (QED) is 0.233. The van der Waals surface area contributed by atoms with E-state index in [0.29, 0.717) is 21.7 Å². The number of anilines is 1. The van der Waals surface area contributed by atoms with E-state index in [2.05, 4.69) is 4.98 Å². The summed E-state index contributed by atoms with van der Waals surface area (Å²) in [5.74, 6) is -2.35. The molecule has 0 spiro atoms. The van der Waals surface area contributed by atoms with Crippen LogP contribution in [-0.4, -0.2) is 36.5 Å². The lowest BCUT2D eigenvalue weighted by molar-refractivity contribution is -0.132. The number of rotatable bonds is 4. The molecule has 0 bridgehead atoms. The minimum Gasteiger partial charge on any atom is -0.507 e. The van der Waals surface area contributed by atoms with Crippen LogP contribution in [0.1, 0.15) is 28.7 Å². The van der Waals surface area contributed by atoms with Crippen LogP contribution in [0.2, 0.25) is 0 Å². The van der Waals surface area contributed by atoms with Gasteiger partial charge in [0.2, 0.25) is 0 Å². The minimum absolute atomic E-state index is 0.00722. The fraction of sp³-hybridized carbons (Fsp3) is 0.160. The second kappa shape index (κ2) is 8.38. The summed E-state index contributed by atoms with van der Waals surface area (Å²) in [6.45, 7) is 3.27. The van der Waals surface area contributed by atoms with E-state index in [1.165, 1.54) is 42.5 Å². The van der Waals surface area contributed by atoms with E-state index in [0.717, 1.165) is 22.5 Å². The van der Waals surface area contributed by atoms with Crippen molar-refractivity contribution in [1.29, 1.82) is 0 Å². The van der Waals surface area contributed by atoms with E-state index < -0.39 is 39.1 Å². The molecule has 3 heterocycles. The Kier molecular flexibility index (Phi) is 5.56. The Bertz CT molecular complexity index is 1720. The highest BCUT2D eigenvalue weighted by Crippen LogP contribution is 2.45. The molecule has 5 rings (SSSR count). The first-order valence-electron chi connectivity index (χ1n) is 10.7. The number of sulfone groups is 1. The second-order valence-electron chi connectivity index (χ2n) is 8.42. The maximum Gasteiger partial charge on any atom is 0.301 e. The number of Topliss-reactive ketones (excluding diaryl/α,β-unsaturated/α-hetero) is 1. The second-order valence-corrected chi connectivity index (χ2v) is 11.4. The molecule has 1 aliphatic heterocycles. The number of thiazole rings is 1. The largest absolute Gasteiger partial charge is 0.507 e. The van der Waals surface area contributed by atoms with Crippen molar-refractivity contribution in [2.75, 3.05) is 11.2 Å². The summed E-state index contributed by atoms with van der Waals surface area (Å²) in [7, 11) is -3.49. The molecule has 1 aliphatic rings. The van der Waals surface area contributed by atoms with E-state index in [4.69, 9.17) is 4.42 Å². The normalized spacial score (nSPS) is 17.9.